The molecule has 120 valence electrons. The molecule has 1 N–H and O–H groups in total. The number of carbonyl (C=O) groups is 2. The third-order valence-corrected chi connectivity index (χ3v) is 4.21. The molecule has 5 nitrogen and oxygen atoms in total. The number of benzene rings is 1. The maximum atomic E-state index is 14.6. The van der Waals surface area contributed by atoms with E-state index in [-0.39, 0.29) is 34.4 Å². The van der Waals surface area contributed by atoms with E-state index in [1.165, 1.54) is 12.0 Å². The number of imide groups is 1. The van der Waals surface area contributed by atoms with Crippen LogP contribution in [0.15, 0.2) is 10.5 Å². The Bertz CT molecular complexity index is 641. The highest BCUT2D eigenvalue weighted by Crippen LogP contribution is 2.42. The fourth-order valence-electron chi connectivity index (χ4n) is 2.34. The molecule has 2 rings (SSSR count). The fourth-order valence-corrected chi connectivity index (χ4v) is 2.92. The first-order valence-electron chi connectivity index (χ1n) is 6.84. The molecule has 1 aliphatic rings. The van der Waals surface area contributed by atoms with Gasteiger partial charge in [-0.15, -0.1) is 0 Å². The molecular formula is C15H18BrFN2O3. The molecule has 0 radical (unpaired) electrons. The second kappa shape index (κ2) is 5.87. The smallest absolute Gasteiger partial charge is 0.328 e. The summed E-state index contributed by atoms with van der Waals surface area (Å²) in [6.45, 7) is 6.06. The molecule has 0 unspecified atom stereocenters. The van der Waals surface area contributed by atoms with Crippen LogP contribution in [0.4, 0.5) is 14.9 Å². The van der Waals surface area contributed by atoms with E-state index < -0.39 is 11.8 Å². The standard InChI is InChI=1S/C15H18BrFN2O3/c1-15(2,3)8-7-9(12(17)11(16)13(8)22-4)19-6-5-10(20)18-14(19)21/h7H,5-6H2,1-4H3,(H,18,20,21). The fraction of sp³-hybridized carbons (Fsp3) is 0.467. The molecule has 0 spiro atoms. The van der Waals surface area contributed by atoms with Crippen molar-refractivity contribution in [2.75, 3.05) is 18.6 Å². The average molecular weight is 373 g/mol. The normalized spacial score (nSPS) is 15.8. The number of hydrogen-bond acceptors (Lipinski definition) is 3. The number of hydrogen-bond donors (Lipinski definition) is 1. The Morgan fingerprint density at radius 3 is 2.50 bits per heavy atom. The molecule has 22 heavy (non-hydrogen) atoms. The highest BCUT2D eigenvalue weighted by molar-refractivity contribution is 9.10. The van der Waals surface area contributed by atoms with Crippen LogP contribution in [-0.2, 0) is 10.2 Å². The number of amides is 3. The number of ether oxygens (including phenoxy) is 1. The molecule has 1 fully saturated rings. The first-order chi connectivity index (χ1) is 10.2. The summed E-state index contributed by atoms with van der Waals surface area (Å²) in [5.74, 6) is -0.540. The number of halogens is 2. The van der Waals surface area contributed by atoms with E-state index in [4.69, 9.17) is 4.74 Å². The van der Waals surface area contributed by atoms with Gasteiger partial charge in [0.1, 0.15) is 5.75 Å². The highest BCUT2D eigenvalue weighted by atomic mass is 79.9. The van der Waals surface area contributed by atoms with Gasteiger partial charge in [-0.3, -0.25) is 15.0 Å². The SMILES string of the molecule is COc1c(C(C)(C)C)cc(N2CCC(=O)NC2=O)c(F)c1Br. The van der Waals surface area contributed by atoms with Gasteiger partial charge in [0, 0.05) is 18.5 Å². The highest BCUT2D eigenvalue weighted by Gasteiger charge is 2.31. The number of methoxy groups -OCH3 is 1. The lowest BCUT2D eigenvalue weighted by Gasteiger charge is -2.30. The summed E-state index contributed by atoms with van der Waals surface area (Å²) in [5.41, 5.74) is 0.587. The van der Waals surface area contributed by atoms with Gasteiger partial charge < -0.3 is 4.74 Å². The molecule has 0 bridgehead atoms. The van der Waals surface area contributed by atoms with Gasteiger partial charge in [-0.1, -0.05) is 20.8 Å². The van der Waals surface area contributed by atoms with E-state index in [0.29, 0.717) is 5.75 Å². The lowest BCUT2D eigenvalue weighted by molar-refractivity contribution is -0.120. The summed E-state index contributed by atoms with van der Waals surface area (Å²) in [6, 6.07) is 0.987. The number of nitrogens with one attached hydrogen (secondary N) is 1. The molecular weight excluding hydrogens is 355 g/mol. The first kappa shape index (κ1) is 16.7. The lowest BCUT2D eigenvalue weighted by Crippen LogP contribution is -2.50. The van der Waals surface area contributed by atoms with Crippen molar-refractivity contribution in [2.45, 2.75) is 32.6 Å². The van der Waals surface area contributed by atoms with Crippen molar-refractivity contribution in [3.8, 4) is 5.75 Å². The van der Waals surface area contributed by atoms with Gasteiger partial charge in [-0.2, -0.15) is 0 Å². The molecule has 3 amide bonds. The quantitative estimate of drug-likeness (QED) is 0.865. The molecule has 1 aliphatic heterocycles. The minimum absolute atomic E-state index is 0.127. The molecule has 1 heterocycles. The molecule has 1 saturated heterocycles. The van der Waals surface area contributed by atoms with E-state index in [2.05, 4.69) is 21.2 Å². The van der Waals surface area contributed by atoms with Crippen LogP contribution in [0, 0.1) is 5.82 Å². The van der Waals surface area contributed by atoms with Gasteiger partial charge in [0.05, 0.1) is 17.3 Å². The summed E-state index contributed by atoms with van der Waals surface area (Å²) in [7, 11) is 1.47. The van der Waals surface area contributed by atoms with Gasteiger partial charge >= 0.3 is 6.03 Å². The van der Waals surface area contributed by atoms with Gasteiger partial charge in [0.2, 0.25) is 5.91 Å². The van der Waals surface area contributed by atoms with Crippen LogP contribution in [0.5, 0.6) is 5.75 Å². The van der Waals surface area contributed by atoms with Gasteiger partial charge in [0.15, 0.2) is 5.82 Å². The predicted molar refractivity (Wildman–Crippen MR) is 84.9 cm³/mol. The Labute approximate surface area is 136 Å². The zero-order chi connectivity index (χ0) is 16.7. The summed E-state index contributed by atoms with van der Waals surface area (Å²) < 4.78 is 20.1. The van der Waals surface area contributed by atoms with Crippen LogP contribution in [0.2, 0.25) is 0 Å². The Morgan fingerprint density at radius 2 is 2.00 bits per heavy atom. The third-order valence-electron chi connectivity index (χ3n) is 3.50. The first-order valence-corrected chi connectivity index (χ1v) is 7.64. The Kier molecular flexibility index (Phi) is 4.47. The minimum Gasteiger partial charge on any atom is -0.495 e. The van der Waals surface area contributed by atoms with Crippen LogP contribution in [0.25, 0.3) is 0 Å². The van der Waals surface area contributed by atoms with Crippen molar-refractivity contribution in [3.05, 3.63) is 21.9 Å². The molecule has 0 aromatic heterocycles. The van der Waals surface area contributed by atoms with Crippen molar-refractivity contribution >= 4 is 33.6 Å². The molecule has 1 aromatic carbocycles. The molecule has 1 aromatic rings. The van der Waals surface area contributed by atoms with Crippen molar-refractivity contribution < 1.29 is 18.7 Å². The van der Waals surface area contributed by atoms with Gasteiger partial charge in [-0.25, -0.2) is 9.18 Å². The van der Waals surface area contributed by atoms with E-state index in [1.807, 2.05) is 20.8 Å². The van der Waals surface area contributed by atoms with E-state index in [1.54, 1.807) is 6.07 Å². The number of urea groups is 1. The summed E-state index contributed by atoms with van der Waals surface area (Å²) in [4.78, 5) is 24.4. The van der Waals surface area contributed by atoms with Crippen molar-refractivity contribution in [2.24, 2.45) is 0 Å². The molecule has 0 atom stereocenters. The van der Waals surface area contributed by atoms with Crippen molar-refractivity contribution in [1.82, 2.24) is 5.32 Å². The van der Waals surface area contributed by atoms with E-state index in [0.717, 1.165) is 5.56 Å². The average Bonchev–Trinajstić information content (AvgIpc) is 2.41. The zero-order valence-corrected chi connectivity index (χ0v) is 14.5. The van der Waals surface area contributed by atoms with E-state index in [9.17, 15) is 14.0 Å². The molecule has 0 aliphatic carbocycles. The zero-order valence-electron chi connectivity index (χ0n) is 12.9. The Balaban J connectivity index is 2.60. The number of rotatable bonds is 2. The second-order valence-corrected chi connectivity index (χ2v) is 6.90. The van der Waals surface area contributed by atoms with Crippen LogP contribution < -0.4 is 15.0 Å². The van der Waals surface area contributed by atoms with Crippen LogP contribution in [0.1, 0.15) is 32.8 Å². The van der Waals surface area contributed by atoms with E-state index >= 15 is 0 Å². The van der Waals surface area contributed by atoms with Crippen molar-refractivity contribution in [3.63, 3.8) is 0 Å². The molecule has 0 saturated carbocycles. The number of carbonyl (C=O) groups excluding carboxylic acids is 2. The summed E-state index contributed by atoms with van der Waals surface area (Å²) >= 11 is 3.21. The minimum atomic E-state index is -0.618. The van der Waals surface area contributed by atoms with Gasteiger partial charge in [0.25, 0.3) is 0 Å². The maximum absolute atomic E-state index is 14.6. The third kappa shape index (κ3) is 2.95. The second-order valence-electron chi connectivity index (χ2n) is 6.11. The topological polar surface area (TPSA) is 58.6 Å². The summed E-state index contributed by atoms with van der Waals surface area (Å²) in [5, 5.41) is 2.20. The predicted octanol–water partition coefficient (Wildman–Crippen LogP) is 3.34. The number of anilines is 1. The largest absolute Gasteiger partial charge is 0.495 e. The Hall–Kier alpha value is -1.63. The van der Waals surface area contributed by atoms with Crippen LogP contribution in [-0.4, -0.2) is 25.6 Å². The monoisotopic (exact) mass is 372 g/mol. The Morgan fingerprint density at radius 1 is 1.36 bits per heavy atom. The van der Waals surface area contributed by atoms with Gasteiger partial charge in [-0.05, 0) is 27.4 Å². The molecule has 7 heteroatoms. The lowest BCUT2D eigenvalue weighted by atomic mass is 9.85. The van der Waals surface area contributed by atoms with Crippen molar-refractivity contribution in [1.29, 1.82) is 0 Å². The summed E-state index contributed by atoms with van der Waals surface area (Å²) in [6.07, 6.45) is 0.139. The van der Waals surface area contributed by atoms with Crippen LogP contribution in [0.3, 0.4) is 0 Å². The number of nitrogens with zero attached hydrogens (tertiary/aromatic N) is 1. The maximum Gasteiger partial charge on any atom is 0.328 e. The van der Waals surface area contributed by atoms with Crippen LogP contribution >= 0.6 is 15.9 Å².